The first kappa shape index (κ1) is 16.2. The molecule has 0 spiro atoms. The van der Waals surface area contributed by atoms with Gasteiger partial charge in [0.1, 0.15) is 5.82 Å². The number of anilines is 1. The Kier molecular flexibility index (Phi) is 4.22. The molecule has 5 heteroatoms. The first-order chi connectivity index (χ1) is 12.1. The highest BCUT2D eigenvalue weighted by atomic mass is 35.5. The summed E-state index contributed by atoms with van der Waals surface area (Å²) in [4.78, 5) is 19.1. The van der Waals surface area contributed by atoms with Crippen LogP contribution < -0.4 is 4.90 Å². The Hall–Kier alpha value is -2.33. The van der Waals surface area contributed by atoms with Gasteiger partial charge >= 0.3 is 0 Å². The lowest BCUT2D eigenvalue weighted by molar-refractivity contribution is -0.118. The predicted molar refractivity (Wildman–Crippen MR) is 101 cm³/mol. The van der Waals surface area contributed by atoms with Gasteiger partial charge in [0.25, 0.3) is 0 Å². The van der Waals surface area contributed by atoms with Crippen molar-refractivity contribution in [3.05, 3.63) is 58.9 Å². The SMILES string of the molecule is Cc1nc2ccccc2n1CCCC(=O)N1CCc2cc(Cl)ccc21. The molecule has 25 heavy (non-hydrogen) atoms. The summed E-state index contributed by atoms with van der Waals surface area (Å²) in [5, 5.41) is 0.732. The van der Waals surface area contributed by atoms with Gasteiger partial charge in [-0.2, -0.15) is 0 Å². The summed E-state index contributed by atoms with van der Waals surface area (Å²) in [6.07, 6.45) is 2.22. The molecule has 0 N–H and O–H groups in total. The number of amides is 1. The van der Waals surface area contributed by atoms with Gasteiger partial charge in [0.15, 0.2) is 0 Å². The van der Waals surface area contributed by atoms with Crippen LogP contribution >= 0.6 is 11.6 Å². The van der Waals surface area contributed by atoms with Crippen molar-refractivity contribution in [1.29, 1.82) is 0 Å². The second-order valence-corrected chi connectivity index (χ2v) is 6.91. The lowest BCUT2D eigenvalue weighted by Crippen LogP contribution is -2.28. The van der Waals surface area contributed by atoms with Crippen molar-refractivity contribution in [1.82, 2.24) is 9.55 Å². The lowest BCUT2D eigenvalue weighted by atomic mass is 10.2. The zero-order chi connectivity index (χ0) is 17.4. The van der Waals surface area contributed by atoms with Crippen LogP contribution in [0.5, 0.6) is 0 Å². The largest absolute Gasteiger partial charge is 0.328 e. The highest BCUT2D eigenvalue weighted by Gasteiger charge is 2.24. The second kappa shape index (κ2) is 6.52. The van der Waals surface area contributed by atoms with Gasteiger partial charge in [-0.1, -0.05) is 23.7 Å². The molecule has 0 bridgehead atoms. The number of para-hydroxylation sites is 2. The molecule has 128 valence electrons. The summed E-state index contributed by atoms with van der Waals surface area (Å²) in [5.74, 6) is 1.18. The van der Waals surface area contributed by atoms with Crippen LogP contribution in [-0.4, -0.2) is 22.0 Å². The number of aromatic nitrogens is 2. The summed E-state index contributed by atoms with van der Waals surface area (Å²) in [6, 6.07) is 13.9. The molecule has 1 aromatic heterocycles. The summed E-state index contributed by atoms with van der Waals surface area (Å²) in [7, 11) is 0. The van der Waals surface area contributed by atoms with Crippen LogP contribution in [0.25, 0.3) is 11.0 Å². The first-order valence-electron chi connectivity index (χ1n) is 8.64. The minimum atomic E-state index is 0.183. The van der Waals surface area contributed by atoms with E-state index in [1.165, 1.54) is 0 Å². The van der Waals surface area contributed by atoms with Gasteiger partial charge in [0.2, 0.25) is 5.91 Å². The third kappa shape index (κ3) is 3.02. The van der Waals surface area contributed by atoms with Gasteiger partial charge in [-0.3, -0.25) is 4.79 Å². The van der Waals surface area contributed by atoms with Gasteiger partial charge < -0.3 is 9.47 Å². The second-order valence-electron chi connectivity index (χ2n) is 6.47. The molecule has 0 atom stereocenters. The fourth-order valence-electron chi connectivity index (χ4n) is 3.63. The lowest BCUT2D eigenvalue weighted by Gasteiger charge is -2.17. The van der Waals surface area contributed by atoms with Crippen LogP contribution in [0.2, 0.25) is 5.02 Å². The maximum atomic E-state index is 12.6. The van der Waals surface area contributed by atoms with E-state index in [4.69, 9.17) is 11.6 Å². The summed E-state index contributed by atoms with van der Waals surface area (Å²) in [6.45, 7) is 3.57. The van der Waals surface area contributed by atoms with E-state index in [1.807, 2.05) is 48.2 Å². The number of nitrogens with zero attached hydrogens (tertiary/aromatic N) is 3. The van der Waals surface area contributed by atoms with Crippen molar-refractivity contribution in [2.24, 2.45) is 0 Å². The zero-order valence-electron chi connectivity index (χ0n) is 14.2. The van der Waals surface area contributed by atoms with Gasteiger partial charge in [0.05, 0.1) is 11.0 Å². The normalized spacial score (nSPS) is 13.4. The minimum Gasteiger partial charge on any atom is -0.328 e. The Morgan fingerprint density at radius 2 is 2.08 bits per heavy atom. The van der Waals surface area contributed by atoms with E-state index in [1.54, 1.807) is 0 Å². The number of rotatable bonds is 4. The van der Waals surface area contributed by atoms with Crippen LogP contribution in [0.15, 0.2) is 42.5 Å². The van der Waals surface area contributed by atoms with E-state index in [9.17, 15) is 4.79 Å². The van der Waals surface area contributed by atoms with Gasteiger partial charge in [-0.05, 0) is 55.7 Å². The number of halogens is 1. The van der Waals surface area contributed by atoms with E-state index in [0.29, 0.717) is 6.42 Å². The third-order valence-electron chi connectivity index (χ3n) is 4.86. The van der Waals surface area contributed by atoms with Crippen molar-refractivity contribution in [2.45, 2.75) is 32.7 Å². The number of carbonyl (C=O) groups excluding carboxylic acids is 1. The Balaban J connectivity index is 1.42. The molecule has 1 aliphatic heterocycles. The number of hydrogen-bond acceptors (Lipinski definition) is 2. The Morgan fingerprint density at radius 1 is 1.24 bits per heavy atom. The van der Waals surface area contributed by atoms with E-state index >= 15 is 0 Å². The molecular weight excluding hydrogens is 334 g/mol. The van der Waals surface area contributed by atoms with Crippen LogP contribution in [0, 0.1) is 6.92 Å². The van der Waals surface area contributed by atoms with Gasteiger partial charge in [-0.25, -0.2) is 4.98 Å². The van der Waals surface area contributed by atoms with Crippen molar-refractivity contribution in [2.75, 3.05) is 11.4 Å². The summed E-state index contributed by atoms with van der Waals surface area (Å²) < 4.78 is 2.19. The Bertz CT molecular complexity index is 947. The molecule has 0 radical (unpaired) electrons. The molecule has 1 amide bonds. The summed E-state index contributed by atoms with van der Waals surface area (Å²) >= 11 is 6.04. The molecule has 2 heterocycles. The van der Waals surface area contributed by atoms with Crippen molar-refractivity contribution >= 4 is 34.2 Å². The molecule has 3 aromatic rings. The highest BCUT2D eigenvalue weighted by molar-refractivity contribution is 6.30. The molecule has 1 aliphatic rings. The van der Waals surface area contributed by atoms with E-state index in [0.717, 1.165) is 59.1 Å². The van der Waals surface area contributed by atoms with E-state index in [2.05, 4.69) is 15.6 Å². The highest BCUT2D eigenvalue weighted by Crippen LogP contribution is 2.31. The molecule has 0 saturated carbocycles. The maximum absolute atomic E-state index is 12.6. The number of imidazole rings is 1. The number of carbonyl (C=O) groups is 1. The topological polar surface area (TPSA) is 38.1 Å². The number of hydrogen-bond donors (Lipinski definition) is 0. The molecule has 4 rings (SSSR count). The monoisotopic (exact) mass is 353 g/mol. The van der Waals surface area contributed by atoms with Crippen LogP contribution in [0.4, 0.5) is 5.69 Å². The molecule has 0 saturated heterocycles. The van der Waals surface area contributed by atoms with Crippen molar-refractivity contribution in [3.63, 3.8) is 0 Å². The van der Waals surface area contributed by atoms with Crippen molar-refractivity contribution < 1.29 is 4.79 Å². The molecule has 0 unspecified atom stereocenters. The summed E-state index contributed by atoms with van der Waals surface area (Å²) in [5.41, 5.74) is 4.32. The Labute approximate surface area is 152 Å². The predicted octanol–water partition coefficient (Wildman–Crippen LogP) is 4.37. The number of aryl methyl sites for hydroxylation is 2. The van der Waals surface area contributed by atoms with Crippen molar-refractivity contribution in [3.8, 4) is 0 Å². The molecule has 2 aromatic carbocycles. The van der Waals surface area contributed by atoms with Crippen LogP contribution in [0.3, 0.4) is 0 Å². The van der Waals surface area contributed by atoms with Crippen LogP contribution in [-0.2, 0) is 17.8 Å². The number of fused-ring (bicyclic) bond motifs is 2. The molecule has 0 aliphatic carbocycles. The van der Waals surface area contributed by atoms with E-state index < -0.39 is 0 Å². The van der Waals surface area contributed by atoms with Crippen LogP contribution in [0.1, 0.15) is 24.2 Å². The quantitative estimate of drug-likeness (QED) is 0.698. The first-order valence-corrected chi connectivity index (χ1v) is 9.02. The number of benzene rings is 2. The Morgan fingerprint density at radius 3 is 2.96 bits per heavy atom. The minimum absolute atomic E-state index is 0.183. The van der Waals surface area contributed by atoms with E-state index in [-0.39, 0.29) is 5.91 Å². The molecular formula is C20H20ClN3O. The molecule has 0 fully saturated rings. The fourth-order valence-corrected chi connectivity index (χ4v) is 3.83. The fraction of sp³-hybridized carbons (Fsp3) is 0.300. The van der Waals surface area contributed by atoms with Gasteiger partial charge in [0, 0.05) is 30.2 Å². The molecule has 4 nitrogen and oxygen atoms in total. The zero-order valence-corrected chi connectivity index (χ0v) is 15.0. The van der Waals surface area contributed by atoms with Gasteiger partial charge in [-0.15, -0.1) is 0 Å². The average Bonchev–Trinajstić information content (AvgIpc) is 3.15. The smallest absolute Gasteiger partial charge is 0.227 e. The average molecular weight is 354 g/mol. The standard InChI is InChI=1S/C20H20ClN3O/c1-14-22-17-5-2-3-6-19(17)23(14)11-4-7-20(25)24-12-10-15-13-16(21)8-9-18(15)24/h2-3,5-6,8-9,13H,4,7,10-12H2,1H3. The maximum Gasteiger partial charge on any atom is 0.227 e. The third-order valence-corrected chi connectivity index (χ3v) is 5.09.